The van der Waals surface area contributed by atoms with E-state index >= 15 is 0 Å². The van der Waals surface area contributed by atoms with E-state index in [0.29, 0.717) is 16.9 Å². The molecule has 0 bridgehead atoms. The van der Waals surface area contributed by atoms with E-state index in [1.165, 1.54) is 18.2 Å². The van der Waals surface area contributed by atoms with Crippen LogP contribution in [0.1, 0.15) is 15.9 Å². The molecule has 2 rings (SSSR count). The number of halogens is 1. The molecule has 0 heterocycles. The predicted octanol–water partition coefficient (Wildman–Crippen LogP) is 3.62. The summed E-state index contributed by atoms with van der Waals surface area (Å²) in [6, 6.07) is 14.3. The van der Waals surface area contributed by atoms with Crippen molar-refractivity contribution < 1.29 is 13.9 Å². The maximum atomic E-state index is 13.0. The lowest BCUT2D eigenvalue weighted by atomic mass is 10.1. The lowest BCUT2D eigenvalue weighted by Crippen LogP contribution is -1.96. The van der Waals surface area contributed by atoms with Gasteiger partial charge in [0.2, 0.25) is 0 Å². The molecule has 0 aliphatic rings. The Bertz CT molecular complexity index is 699. The zero-order valence-corrected chi connectivity index (χ0v) is 11.1. The Morgan fingerprint density at radius 1 is 1.24 bits per heavy atom. The number of hydrogen-bond donors (Lipinski definition) is 0. The molecule has 0 aliphatic heterocycles. The summed E-state index contributed by atoms with van der Waals surface area (Å²) in [6.45, 7) is -0.0350. The monoisotopic (exact) mass is 281 g/mol. The molecule has 0 aliphatic carbocycles. The summed E-state index contributed by atoms with van der Waals surface area (Å²) in [5.74, 6) is -0.00287. The van der Waals surface area contributed by atoms with Crippen molar-refractivity contribution in [2.75, 3.05) is 6.61 Å². The number of ketones is 1. The van der Waals surface area contributed by atoms with Gasteiger partial charge in [0.15, 0.2) is 12.4 Å². The highest BCUT2D eigenvalue weighted by Crippen LogP contribution is 2.13. The van der Waals surface area contributed by atoms with E-state index < -0.39 is 0 Å². The van der Waals surface area contributed by atoms with Gasteiger partial charge < -0.3 is 4.74 Å². The van der Waals surface area contributed by atoms with Gasteiger partial charge in [-0.05, 0) is 48.0 Å². The number of rotatable bonds is 5. The number of carbonyl (C=O) groups is 1. The zero-order chi connectivity index (χ0) is 15.1. The zero-order valence-electron chi connectivity index (χ0n) is 11.1. The lowest BCUT2D eigenvalue weighted by Gasteiger charge is -2.01. The molecule has 0 atom stereocenters. The molecule has 2 aromatic carbocycles. The molecule has 0 saturated carbocycles. The molecule has 0 unspecified atom stereocenters. The third-order valence-corrected chi connectivity index (χ3v) is 2.72. The van der Waals surface area contributed by atoms with Crippen LogP contribution in [0.15, 0.2) is 54.6 Å². The van der Waals surface area contributed by atoms with Gasteiger partial charge in [-0.25, -0.2) is 4.39 Å². The molecule has 3 nitrogen and oxygen atoms in total. The Labute approximate surface area is 121 Å². The van der Waals surface area contributed by atoms with Gasteiger partial charge in [0.25, 0.3) is 0 Å². The molecule has 0 aromatic heterocycles. The molecule has 21 heavy (non-hydrogen) atoms. The van der Waals surface area contributed by atoms with Crippen molar-refractivity contribution in [1.82, 2.24) is 0 Å². The van der Waals surface area contributed by atoms with Crippen LogP contribution in [-0.2, 0) is 0 Å². The Morgan fingerprint density at radius 2 is 2.00 bits per heavy atom. The summed E-state index contributed by atoms with van der Waals surface area (Å²) < 4.78 is 18.1. The van der Waals surface area contributed by atoms with Gasteiger partial charge in [-0.2, -0.15) is 5.26 Å². The van der Waals surface area contributed by atoms with Crippen LogP contribution >= 0.6 is 0 Å². The Morgan fingerprint density at radius 3 is 2.67 bits per heavy atom. The molecule has 2 aromatic rings. The van der Waals surface area contributed by atoms with Gasteiger partial charge >= 0.3 is 0 Å². The molecule has 4 heteroatoms. The molecule has 0 saturated heterocycles. The van der Waals surface area contributed by atoms with Crippen LogP contribution in [0.4, 0.5) is 4.39 Å². The first-order valence-corrected chi connectivity index (χ1v) is 6.27. The minimum absolute atomic E-state index is 0.0350. The van der Waals surface area contributed by atoms with Gasteiger partial charge in [0.05, 0.1) is 0 Å². The summed E-state index contributed by atoms with van der Waals surface area (Å²) in [6.07, 6.45) is 2.95. The molecule has 104 valence electrons. The van der Waals surface area contributed by atoms with E-state index in [1.54, 1.807) is 42.5 Å². The molecule has 0 spiro atoms. The van der Waals surface area contributed by atoms with Crippen LogP contribution in [0, 0.1) is 17.1 Å². The summed E-state index contributed by atoms with van der Waals surface area (Å²) in [5.41, 5.74) is 1.12. The van der Waals surface area contributed by atoms with Crippen LogP contribution in [-0.4, -0.2) is 12.4 Å². The van der Waals surface area contributed by atoms with Crippen molar-refractivity contribution in [3.05, 3.63) is 71.6 Å². The number of ether oxygens (including phenoxy) is 1. The fourth-order valence-electron chi connectivity index (χ4n) is 1.71. The SMILES string of the molecule is N#CCOc1ccc(C(=O)/C=C/c2cccc(F)c2)cc1. The average Bonchev–Trinajstić information content (AvgIpc) is 2.51. The molecular weight excluding hydrogens is 269 g/mol. The van der Waals surface area contributed by atoms with E-state index in [2.05, 4.69) is 0 Å². The Hall–Kier alpha value is -2.93. The highest BCUT2D eigenvalue weighted by molar-refractivity contribution is 6.06. The summed E-state index contributed by atoms with van der Waals surface area (Å²) in [4.78, 5) is 12.0. The highest BCUT2D eigenvalue weighted by Gasteiger charge is 2.02. The number of nitriles is 1. The van der Waals surface area contributed by atoms with Gasteiger partial charge in [0.1, 0.15) is 17.6 Å². The quantitative estimate of drug-likeness (QED) is 0.621. The normalized spacial score (nSPS) is 10.3. The van der Waals surface area contributed by atoms with E-state index in [9.17, 15) is 9.18 Å². The summed E-state index contributed by atoms with van der Waals surface area (Å²) >= 11 is 0. The first-order valence-electron chi connectivity index (χ1n) is 6.27. The minimum atomic E-state index is -0.344. The number of benzene rings is 2. The Kier molecular flexibility index (Phi) is 4.84. The second-order valence-electron chi connectivity index (χ2n) is 4.22. The lowest BCUT2D eigenvalue weighted by molar-refractivity contribution is 0.104. The Balaban J connectivity index is 2.05. The fourth-order valence-corrected chi connectivity index (χ4v) is 1.71. The van der Waals surface area contributed by atoms with Crippen molar-refractivity contribution >= 4 is 11.9 Å². The van der Waals surface area contributed by atoms with Crippen LogP contribution in [0.25, 0.3) is 6.08 Å². The first-order chi connectivity index (χ1) is 10.2. The van der Waals surface area contributed by atoms with Gasteiger partial charge in [0, 0.05) is 5.56 Å². The number of nitrogens with zero attached hydrogens (tertiary/aromatic N) is 1. The smallest absolute Gasteiger partial charge is 0.185 e. The van der Waals surface area contributed by atoms with E-state index in [4.69, 9.17) is 10.00 Å². The van der Waals surface area contributed by atoms with Crippen molar-refractivity contribution in [3.8, 4) is 11.8 Å². The van der Waals surface area contributed by atoms with Crippen LogP contribution in [0.3, 0.4) is 0 Å². The molecular formula is C17H12FNO2. The minimum Gasteiger partial charge on any atom is -0.479 e. The summed E-state index contributed by atoms with van der Waals surface area (Å²) in [5, 5.41) is 8.40. The molecule has 0 N–H and O–H groups in total. The van der Waals surface area contributed by atoms with Gasteiger partial charge in [-0.15, -0.1) is 0 Å². The molecule has 0 fully saturated rings. The largest absolute Gasteiger partial charge is 0.479 e. The fraction of sp³-hybridized carbons (Fsp3) is 0.0588. The second-order valence-corrected chi connectivity index (χ2v) is 4.22. The van der Waals surface area contributed by atoms with Crippen molar-refractivity contribution in [3.63, 3.8) is 0 Å². The number of allylic oxidation sites excluding steroid dienone is 1. The van der Waals surface area contributed by atoms with Crippen molar-refractivity contribution in [2.45, 2.75) is 0 Å². The van der Waals surface area contributed by atoms with Gasteiger partial charge in [-0.1, -0.05) is 18.2 Å². The third kappa shape index (κ3) is 4.29. The molecule has 0 radical (unpaired) electrons. The molecule has 0 amide bonds. The van der Waals surface area contributed by atoms with Crippen LogP contribution < -0.4 is 4.74 Å². The number of hydrogen-bond acceptors (Lipinski definition) is 3. The van der Waals surface area contributed by atoms with Crippen molar-refractivity contribution in [2.24, 2.45) is 0 Å². The summed E-state index contributed by atoms with van der Waals surface area (Å²) in [7, 11) is 0. The van der Waals surface area contributed by atoms with Gasteiger partial charge in [-0.3, -0.25) is 4.79 Å². The van der Waals surface area contributed by atoms with Crippen LogP contribution in [0.5, 0.6) is 5.75 Å². The number of carbonyl (C=O) groups excluding carboxylic acids is 1. The van der Waals surface area contributed by atoms with E-state index in [-0.39, 0.29) is 18.2 Å². The average molecular weight is 281 g/mol. The first kappa shape index (κ1) is 14.5. The van der Waals surface area contributed by atoms with E-state index in [1.807, 2.05) is 6.07 Å². The predicted molar refractivity (Wildman–Crippen MR) is 77.3 cm³/mol. The third-order valence-electron chi connectivity index (χ3n) is 2.72. The van der Waals surface area contributed by atoms with Crippen LogP contribution in [0.2, 0.25) is 0 Å². The topological polar surface area (TPSA) is 50.1 Å². The second kappa shape index (κ2) is 7.01. The van der Waals surface area contributed by atoms with E-state index in [0.717, 1.165) is 0 Å². The standard InChI is InChI=1S/C17H12FNO2/c18-15-3-1-2-13(12-15)4-9-17(20)14-5-7-16(8-6-14)21-11-10-19/h1-9,12H,11H2/b9-4+. The maximum Gasteiger partial charge on any atom is 0.185 e. The van der Waals surface area contributed by atoms with Crippen molar-refractivity contribution in [1.29, 1.82) is 5.26 Å². The highest BCUT2D eigenvalue weighted by atomic mass is 19.1. The maximum absolute atomic E-state index is 13.0.